The molecule has 7 heteroatoms. The average Bonchev–Trinajstić information content (AvgIpc) is 2.61. The first kappa shape index (κ1) is 20.1. The highest BCUT2D eigenvalue weighted by atomic mass is 16.5. The van der Waals surface area contributed by atoms with Gasteiger partial charge in [-0.15, -0.1) is 0 Å². The van der Waals surface area contributed by atoms with Crippen LogP contribution in [0.25, 0.3) is 0 Å². The predicted molar refractivity (Wildman–Crippen MR) is 89.0 cm³/mol. The van der Waals surface area contributed by atoms with E-state index in [0.29, 0.717) is 11.8 Å². The summed E-state index contributed by atoms with van der Waals surface area (Å²) in [6, 6.07) is 8.87. The third kappa shape index (κ3) is 8.47. The third-order valence-electron chi connectivity index (χ3n) is 3.13. The van der Waals surface area contributed by atoms with E-state index in [-0.39, 0.29) is 19.6 Å². The number of carbonyl (C=O) groups excluding carboxylic acids is 2. The van der Waals surface area contributed by atoms with Gasteiger partial charge in [-0.1, -0.05) is 24.8 Å². The van der Waals surface area contributed by atoms with Crippen molar-refractivity contribution >= 4 is 17.7 Å². The zero-order valence-electron chi connectivity index (χ0n) is 13.5. The molecule has 2 unspecified atom stereocenters. The van der Waals surface area contributed by atoms with Crippen LogP contribution in [0.1, 0.15) is 6.42 Å². The molecular weight excluding hydrogens is 328 g/mol. The second-order valence-corrected chi connectivity index (χ2v) is 5.12. The zero-order valence-corrected chi connectivity index (χ0v) is 13.5. The van der Waals surface area contributed by atoms with Gasteiger partial charge in [0.25, 0.3) is 0 Å². The summed E-state index contributed by atoms with van der Waals surface area (Å²) in [5.74, 6) is -2.79. The van der Waals surface area contributed by atoms with Crippen molar-refractivity contribution in [3.8, 4) is 5.75 Å². The molecule has 1 aromatic carbocycles. The van der Waals surface area contributed by atoms with Gasteiger partial charge in [-0.25, -0.2) is 9.59 Å². The largest absolute Gasteiger partial charge is 0.491 e. The molecule has 0 radical (unpaired) electrons. The number of aliphatic hydroxyl groups is 1. The molecule has 0 amide bonds. The summed E-state index contributed by atoms with van der Waals surface area (Å²) < 4.78 is 10.2. The Morgan fingerprint density at radius 2 is 1.80 bits per heavy atom. The molecule has 0 heterocycles. The number of benzene rings is 1. The maximum atomic E-state index is 11.8. The van der Waals surface area contributed by atoms with Gasteiger partial charge in [-0.2, -0.15) is 0 Å². The van der Waals surface area contributed by atoms with Crippen LogP contribution in [0.15, 0.2) is 55.1 Å². The lowest BCUT2D eigenvalue weighted by Gasteiger charge is -2.18. The molecule has 2 atom stereocenters. The summed E-state index contributed by atoms with van der Waals surface area (Å²) in [4.78, 5) is 33.5. The van der Waals surface area contributed by atoms with Gasteiger partial charge in [0.1, 0.15) is 19.0 Å². The van der Waals surface area contributed by atoms with Gasteiger partial charge in [0.15, 0.2) is 5.78 Å². The number of aliphatic carboxylic acids is 1. The molecule has 7 nitrogen and oxygen atoms in total. The number of hydrogen-bond donors (Lipinski definition) is 2. The molecule has 0 spiro atoms. The highest BCUT2D eigenvalue weighted by Gasteiger charge is 2.22. The van der Waals surface area contributed by atoms with Gasteiger partial charge in [-0.05, 0) is 24.6 Å². The fourth-order valence-electron chi connectivity index (χ4n) is 1.91. The second kappa shape index (κ2) is 10.8. The number of carboxylic acids is 1. The van der Waals surface area contributed by atoms with Crippen LogP contribution in [0, 0.1) is 5.92 Å². The summed E-state index contributed by atoms with van der Waals surface area (Å²) in [6.45, 7) is 3.05. The van der Waals surface area contributed by atoms with Crippen molar-refractivity contribution in [1.82, 2.24) is 0 Å². The van der Waals surface area contributed by atoms with Crippen LogP contribution < -0.4 is 4.74 Å². The lowest BCUT2D eigenvalue weighted by molar-refractivity contribution is -0.141. The molecule has 0 fully saturated rings. The van der Waals surface area contributed by atoms with E-state index in [1.165, 1.54) is 0 Å². The summed E-state index contributed by atoms with van der Waals surface area (Å²) in [5, 5.41) is 18.5. The van der Waals surface area contributed by atoms with Crippen LogP contribution in [0.4, 0.5) is 0 Å². The molecule has 25 heavy (non-hydrogen) atoms. The summed E-state index contributed by atoms with van der Waals surface area (Å²) >= 11 is 0. The molecule has 0 saturated carbocycles. The fourth-order valence-corrected chi connectivity index (χ4v) is 1.91. The first-order valence-electron chi connectivity index (χ1n) is 7.52. The Bertz CT molecular complexity index is 622. The normalized spacial score (nSPS) is 13.0. The second-order valence-electron chi connectivity index (χ2n) is 5.12. The molecule has 0 aliphatic carbocycles. The van der Waals surface area contributed by atoms with Crippen LogP contribution in [0.5, 0.6) is 5.75 Å². The van der Waals surface area contributed by atoms with Gasteiger partial charge < -0.3 is 19.7 Å². The fraction of sp³-hybridized carbons (Fsp3) is 0.278. The van der Waals surface area contributed by atoms with Crippen LogP contribution in [0.2, 0.25) is 0 Å². The maximum Gasteiger partial charge on any atom is 0.331 e. The van der Waals surface area contributed by atoms with E-state index in [2.05, 4.69) is 6.58 Å². The van der Waals surface area contributed by atoms with Gasteiger partial charge >= 0.3 is 11.9 Å². The number of ether oxygens (including phenoxy) is 2. The zero-order chi connectivity index (χ0) is 18.7. The van der Waals surface area contributed by atoms with E-state index in [9.17, 15) is 19.5 Å². The predicted octanol–water partition coefficient (Wildman–Crippen LogP) is 1.37. The lowest BCUT2D eigenvalue weighted by atomic mass is 9.98. The van der Waals surface area contributed by atoms with Crippen molar-refractivity contribution < 1.29 is 34.1 Å². The van der Waals surface area contributed by atoms with Crippen molar-refractivity contribution in [1.29, 1.82) is 0 Å². The molecule has 1 aromatic rings. The number of hydrogen-bond acceptors (Lipinski definition) is 6. The van der Waals surface area contributed by atoms with E-state index >= 15 is 0 Å². The number of carboxylic acid groups (broad SMARTS) is 1. The van der Waals surface area contributed by atoms with E-state index < -0.39 is 29.7 Å². The van der Waals surface area contributed by atoms with Crippen molar-refractivity contribution in [2.45, 2.75) is 12.5 Å². The molecule has 134 valence electrons. The highest BCUT2D eigenvalue weighted by Crippen LogP contribution is 2.13. The monoisotopic (exact) mass is 348 g/mol. The maximum absolute atomic E-state index is 11.8. The molecule has 0 aliphatic heterocycles. The van der Waals surface area contributed by atoms with Crippen molar-refractivity contribution in [2.75, 3.05) is 13.2 Å². The van der Waals surface area contributed by atoms with Crippen LogP contribution in [0.3, 0.4) is 0 Å². The number of para-hydroxylation sites is 1. The van der Waals surface area contributed by atoms with Gasteiger partial charge in [-0.3, -0.25) is 4.79 Å². The molecular formula is C18H20O7. The smallest absolute Gasteiger partial charge is 0.331 e. The molecule has 0 bridgehead atoms. The molecule has 0 aromatic heterocycles. The number of ketones is 1. The van der Waals surface area contributed by atoms with Crippen LogP contribution in [-0.2, 0) is 19.1 Å². The van der Waals surface area contributed by atoms with Crippen molar-refractivity contribution in [3.63, 3.8) is 0 Å². The number of allylic oxidation sites excluding steroid dienone is 1. The minimum Gasteiger partial charge on any atom is -0.491 e. The quantitative estimate of drug-likeness (QED) is 0.459. The Hall–Kier alpha value is -2.93. The standard InChI is InChI=1S/C18H20O7/c1-2-16(20)13(11-25-18(23)9-8-17(21)22)10-14(19)12-24-15-6-4-3-5-7-15/h2-9,13-14,19H,1,10-12H2,(H,21,22). The number of aliphatic hydroxyl groups excluding tert-OH is 1. The van der Waals surface area contributed by atoms with Gasteiger partial charge in [0.2, 0.25) is 0 Å². The number of carbonyl (C=O) groups is 3. The average molecular weight is 348 g/mol. The van der Waals surface area contributed by atoms with Gasteiger partial charge in [0.05, 0.1) is 12.0 Å². The Morgan fingerprint density at radius 3 is 2.40 bits per heavy atom. The lowest BCUT2D eigenvalue weighted by Crippen LogP contribution is -2.28. The Morgan fingerprint density at radius 1 is 1.12 bits per heavy atom. The minimum absolute atomic E-state index is 0.00755. The third-order valence-corrected chi connectivity index (χ3v) is 3.13. The Kier molecular flexibility index (Phi) is 8.67. The van der Waals surface area contributed by atoms with Crippen molar-refractivity contribution in [2.24, 2.45) is 5.92 Å². The topological polar surface area (TPSA) is 110 Å². The summed E-state index contributed by atoms with van der Waals surface area (Å²) in [7, 11) is 0. The molecule has 1 rings (SSSR count). The van der Waals surface area contributed by atoms with E-state index in [1.54, 1.807) is 24.3 Å². The Balaban J connectivity index is 2.51. The minimum atomic E-state index is -1.29. The van der Waals surface area contributed by atoms with Crippen LogP contribution in [-0.4, -0.2) is 47.3 Å². The molecule has 0 aliphatic rings. The summed E-state index contributed by atoms with van der Waals surface area (Å²) in [5.41, 5.74) is 0. The van der Waals surface area contributed by atoms with E-state index in [1.807, 2.05) is 6.07 Å². The highest BCUT2D eigenvalue weighted by molar-refractivity contribution is 5.92. The van der Waals surface area contributed by atoms with Crippen molar-refractivity contribution in [3.05, 3.63) is 55.1 Å². The number of esters is 1. The first-order chi connectivity index (χ1) is 11.9. The molecule has 0 saturated heterocycles. The van der Waals surface area contributed by atoms with E-state index in [4.69, 9.17) is 14.6 Å². The van der Waals surface area contributed by atoms with E-state index in [0.717, 1.165) is 12.2 Å². The summed E-state index contributed by atoms with van der Waals surface area (Å²) in [6.07, 6.45) is 1.51. The first-order valence-corrected chi connectivity index (χ1v) is 7.52. The molecule has 2 N–H and O–H groups in total. The van der Waals surface area contributed by atoms with Gasteiger partial charge in [0, 0.05) is 12.2 Å². The Labute approximate surface area is 145 Å². The SMILES string of the molecule is C=CC(=O)C(COC(=O)C=CC(=O)O)CC(O)COc1ccccc1. The van der Waals surface area contributed by atoms with Crippen LogP contribution >= 0.6 is 0 Å². The number of rotatable bonds is 11.